The van der Waals surface area contributed by atoms with E-state index in [1.54, 1.807) is 0 Å². The van der Waals surface area contributed by atoms with E-state index in [1.807, 2.05) is 30.5 Å². The first-order valence-electron chi connectivity index (χ1n) is 9.03. The molecule has 0 bridgehead atoms. The largest absolute Gasteiger partial charge is 0.292 e. The molecule has 0 saturated carbocycles. The fourth-order valence-corrected chi connectivity index (χ4v) is 4.00. The van der Waals surface area contributed by atoms with Crippen LogP contribution in [0.2, 0.25) is 0 Å². The standard InChI is InChI=1S/C24H15N3/c1-3-10-22-18(7-1)17-13-12-16(20-8-5-6-14-25-20)15-19(17)24-26-21-9-2-4-11-23(21)27(22)24/h1-15H. The molecule has 0 radical (unpaired) electrons. The number of rotatable bonds is 1. The molecule has 126 valence electrons. The molecule has 0 aliphatic rings. The Morgan fingerprint density at radius 3 is 2.33 bits per heavy atom. The maximum Gasteiger partial charge on any atom is 0.146 e. The molecule has 3 nitrogen and oxygen atoms in total. The lowest BCUT2D eigenvalue weighted by Crippen LogP contribution is -1.92. The summed E-state index contributed by atoms with van der Waals surface area (Å²) in [7, 11) is 0. The van der Waals surface area contributed by atoms with Crippen LogP contribution < -0.4 is 0 Å². The summed E-state index contributed by atoms with van der Waals surface area (Å²) in [5.41, 5.74) is 6.39. The quantitative estimate of drug-likeness (QED) is 0.350. The van der Waals surface area contributed by atoms with Crippen molar-refractivity contribution in [2.45, 2.75) is 0 Å². The number of benzene rings is 3. The van der Waals surface area contributed by atoms with Crippen molar-refractivity contribution in [1.82, 2.24) is 14.4 Å². The molecule has 0 atom stereocenters. The third kappa shape index (κ3) is 2.02. The Labute approximate surface area is 155 Å². The van der Waals surface area contributed by atoms with E-state index in [2.05, 4.69) is 70.0 Å². The van der Waals surface area contributed by atoms with Crippen molar-refractivity contribution in [2.24, 2.45) is 0 Å². The summed E-state index contributed by atoms with van der Waals surface area (Å²) in [4.78, 5) is 9.48. The van der Waals surface area contributed by atoms with Crippen molar-refractivity contribution in [2.75, 3.05) is 0 Å². The van der Waals surface area contributed by atoms with Gasteiger partial charge in [-0.2, -0.15) is 0 Å². The first-order valence-corrected chi connectivity index (χ1v) is 9.03. The number of hydrogen-bond acceptors (Lipinski definition) is 2. The Bertz CT molecular complexity index is 1460. The molecule has 6 aromatic rings. The minimum Gasteiger partial charge on any atom is -0.292 e. The minimum absolute atomic E-state index is 0.974. The smallest absolute Gasteiger partial charge is 0.146 e. The molecule has 0 fully saturated rings. The molecule has 0 saturated heterocycles. The number of hydrogen-bond donors (Lipinski definition) is 0. The lowest BCUT2D eigenvalue weighted by atomic mass is 10.0. The first kappa shape index (κ1) is 14.4. The van der Waals surface area contributed by atoms with E-state index < -0.39 is 0 Å². The van der Waals surface area contributed by atoms with E-state index in [1.165, 1.54) is 16.3 Å². The molecule has 0 amide bonds. The van der Waals surface area contributed by atoms with Crippen LogP contribution in [0.15, 0.2) is 91.1 Å². The maximum atomic E-state index is 4.97. The van der Waals surface area contributed by atoms with E-state index in [9.17, 15) is 0 Å². The van der Waals surface area contributed by atoms with Gasteiger partial charge in [0, 0.05) is 22.5 Å². The Morgan fingerprint density at radius 2 is 1.44 bits per heavy atom. The number of fused-ring (bicyclic) bond motifs is 8. The van der Waals surface area contributed by atoms with Gasteiger partial charge in [-0.1, -0.05) is 48.5 Å². The molecule has 3 aromatic heterocycles. The maximum absolute atomic E-state index is 4.97. The van der Waals surface area contributed by atoms with Crippen molar-refractivity contribution in [3.8, 4) is 11.3 Å². The van der Waals surface area contributed by atoms with E-state index in [4.69, 9.17) is 4.98 Å². The lowest BCUT2D eigenvalue weighted by Gasteiger charge is -2.10. The third-order valence-electron chi connectivity index (χ3n) is 5.22. The van der Waals surface area contributed by atoms with Crippen LogP contribution >= 0.6 is 0 Å². The highest BCUT2D eigenvalue weighted by Crippen LogP contribution is 2.34. The average Bonchev–Trinajstić information content (AvgIpc) is 3.14. The van der Waals surface area contributed by atoms with Crippen molar-refractivity contribution >= 4 is 38.4 Å². The second-order valence-electron chi connectivity index (χ2n) is 6.75. The van der Waals surface area contributed by atoms with Crippen LogP contribution in [0, 0.1) is 0 Å². The second-order valence-corrected chi connectivity index (χ2v) is 6.75. The molecule has 0 unspecified atom stereocenters. The van der Waals surface area contributed by atoms with Gasteiger partial charge in [-0.15, -0.1) is 0 Å². The summed E-state index contributed by atoms with van der Waals surface area (Å²) < 4.78 is 2.27. The zero-order chi connectivity index (χ0) is 17.8. The molecule has 3 aromatic carbocycles. The fourth-order valence-electron chi connectivity index (χ4n) is 4.00. The molecule has 3 heteroatoms. The van der Waals surface area contributed by atoms with Crippen molar-refractivity contribution in [3.05, 3.63) is 91.1 Å². The minimum atomic E-state index is 0.974. The van der Waals surface area contributed by atoms with Gasteiger partial charge in [0.1, 0.15) is 5.65 Å². The van der Waals surface area contributed by atoms with Crippen LogP contribution in [0.5, 0.6) is 0 Å². The molecule has 0 aliphatic heterocycles. The van der Waals surface area contributed by atoms with E-state index in [-0.39, 0.29) is 0 Å². The Balaban J connectivity index is 1.85. The Morgan fingerprint density at radius 1 is 0.630 bits per heavy atom. The topological polar surface area (TPSA) is 30.2 Å². The highest BCUT2D eigenvalue weighted by Gasteiger charge is 2.14. The Kier molecular flexibility index (Phi) is 2.88. The number of pyridine rings is 2. The molecular weight excluding hydrogens is 330 g/mol. The SMILES string of the molecule is c1ccc(-c2ccc3c4ccccc4n4c5ccccc5nc4c3c2)nc1. The number of aromatic nitrogens is 3. The summed E-state index contributed by atoms with van der Waals surface area (Å²) in [5.74, 6) is 0. The molecule has 0 aliphatic carbocycles. The van der Waals surface area contributed by atoms with Gasteiger partial charge in [0.05, 0.1) is 22.2 Å². The van der Waals surface area contributed by atoms with Crippen LogP contribution in [0.4, 0.5) is 0 Å². The summed E-state index contributed by atoms with van der Waals surface area (Å²) in [6, 6.07) is 29.4. The number of para-hydroxylation sites is 3. The average molecular weight is 345 g/mol. The summed E-state index contributed by atoms with van der Waals surface area (Å²) >= 11 is 0. The van der Waals surface area contributed by atoms with Crippen LogP contribution in [0.3, 0.4) is 0 Å². The molecule has 0 spiro atoms. The summed E-state index contributed by atoms with van der Waals surface area (Å²) in [6.07, 6.45) is 1.83. The van der Waals surface area contributed by atoms with Gasteiger partial charge in [-0.25, -0.2) is 4.98 Å². The molecular formula is C24H15N3. The van der Waals surface area contributed by atoms with E-state index in [0.717, 1.165) is 33.3 Å². The van der Waals surface area contributed by atoms with Gasteiger partial charge in [-0.05, 0) is 41.8 Å². The van der Waals surface area contributed by atoms with Crippen LogP contribution in [-0.4, -0.2) is 14.4 Å². The molecule has 0 N–H and O–H groups in total. The van der Waals surface area contributed by atoms with Crippen molar-refractivity contribution in [1.29, 1.82) is 0 Å². The number of nitrogens with zero attached hydrogens (tertiary/aromatic N) is 3. The predicted molar refractivity (Wildman–Crippen MR) is 111 cm³/mol. The molecule has 3 heterocycles. The van der Waals surface area contributed by atoms with Gasteiger partial charge in [0.2, 0.25) is 0 Å². The zero-order valence-electron chi connectivity index (χ0n) is 14.5. The summed E-state index contributed by atoms with van der Waals surface area (Å²) in [5, 5.41) is 3.59. The van der Waals surface area contributed by atoms with Crippen LogP contribution in [0.1, 0.15) is 0 Å². The molecule has 6 rings (SSSR count). The lowest BCUT2D eigenvalue weighted by molar-refractivity contribution is 1.31. The van der Waals surface area contributed by atoms with Gasteiger partial charge < -0.3 is 0 Å². The zero-order valence-corrected chi connectivity index (χ0v) is 14.5. The van der Waals surface area contributed by atoms with E-state index in [0.29, 0.717) is 0 Å². The van der Waals surface area contributed by atoms with Crippen molar-refractivity contribution < 1.29 is 0 Å². The summed E-state index contributed by atoms with van der Waals surface area (Å²) in [6.45, 7) is 0. The van der Waals surface area contributed by atoms with Gasteiger partial charge in [0.25, 0.3) is 0 Å². The third-order valence-corrected chi connectivity index (χ3v) is 5.22. The van der Waals surface area contributed by atoms with E-state index >= 15 is 0 Å². The van der Waals surface area contributed by atoms with Gasteiger partial charge in [-0.3, -0.25) is 9.38 Å². The highest BCUT2D eigenvalue weighted by molar-refractivity contribution is 6.14. The normalized spacial score (nSPS) is 11.7. The Hall–Kier alpha value is -3.72. The van der Waals surface area contributed by atoms with Crippen LogP contribution in [0.25, 0.3) is 49.6 Å². The monoisotopic (exact) mass is 345 g/mol. The second kappa shape index (κ2) is 5.39. The van der Waals surface area contributed by atoms with Gasteiger partial charge in [0.15, 0.2) is 0 Å². The highest BCUT2D eigenvalue weighted by atomic mass is 15.0. The predicted octanol–water partition coefficient (Wildman–Crippen LogP) is 5.86. The number of imidazole rings is 1. The van der Waals surface area contributed by atoms with Gasteiger partial charge >= 0.3 is 0 Å². The van der Waals surface area contributed by atoms with Crippen LogP contribution in [-0.2, 0) is 0 Å². The first-order chi connectivity index (χ1) is 13.4. The molecule has 27 heavy (non-hydrogen) atoms. The van der Waals surface area contributed by atoms with Crippen molar-refractivity contribution in [3.63, 3.8) is 0 Å². The fraction of sp³-hybridized carbons (Fsp3) is 0.